The van der Waals surface area contributed by atoms with Crippen molar-refractivity contribution in [2.24, 2.45) is 0 Å². The van der Waals surface area contributed by atoms with Crippen molar-refractivity contribution in [3.05, 3.63) is 64.1 Å². The summed E-state index contributed by atoms with van der Waals surface area (Å²) >= 11 is 3.35. The number of hydrogen-bond acceptors (Lipinski definition) is 2. The number of rotatable bonds is 5. The van der Waals surface area contributed by atoms with Gasteiger partial charge in [0.15, 0.2) is 0 Å². The minimum atomic E-state index is -0.218. The van der Waals surface area contributed by atoms with E-state index in [9.17, 15) is 4.79 Å². The Morgan fingerprint density at radius 2 is 1.62 bits per heavy atom. The normalized spacial score (nSPS) is 10.2. The third-order valence-electron chi connectivity index (χ3n) is 3.01. The molecule has 0 spiro atoms. The largest absolute Gasteiger partial charge is 0.392 e. The van der Waals surface area contributed by atoms with E-state index in [4.69, 9.17) is 5.11 Å². The Hall–Kier alpha value is -1.85. The molecule has 2 aromatic carbocycles. The van der Waals surface area contributed by atoms with Gasteiger partial charge in [0.1, 0.15) is 0 Å². The first kappa shape index (κ1) is 15.5. The maximum absolute atomic E-state index is 11.7. The van der Waals surface area contributed by atoms with Crippen LogP contribution in [0.2, 0.25) is 0 Å². The van der Waals surface area contributed by atoms with Crippen molar-refractivity contribution in [3.8, 4) is 0 Å². The van der Waals surface area contributed by atoms with E-state index in [1.165, 1.54) is 0 Å². The fourth-order valence-electron chi connectivity index (χ4n) is 1.84. The summed E-state index contributed by atoms with van der Waals surface area (Å²) in [5, 5.41) is 14.5. The minimum Gasteiger partial charge on any atom is -0.392 e. The number of benzene rings is 2. The van der Waals surface area contributed by atoms with E-state index >= 15 is 0 Å². The highest BCUT2D eigenvalue weighted by atomic mass is 79.9. The number of hydrogen-bond donors (Lipinski definition) is 3. The number of halogens is 1. The third-order valence-corrected chi connectivity index (χ3v) is 3.54. The second kappa shape index (κ2) is 7.81. The van der Waals surface area contributed by atoms with Gasteiger partial charge in [-0.25, -0.2) is 4.79 Å². The molecule has 0 unspecified atom stereocenters. The van der Waals surface area contributed by atoms with Crippen molar-refractivity contribution in [1.29, 1.82) is 0 Å². The number of aliphatic hydroxyl groups excluding tert-OH is 1. The summed E-state index contributed by atoms with van der Waals surface area (Å²) in [6.07, 6.45) is 0.749. The van der Waals surface area contributed by atoms with Crippen LogP contribution in [0.1, 0.15) is 11.1 Å². The zero-order chi connectivity index (χ0) is 15.1. The van der Waals surface area contributed by atoms with Crippen LogP contribution >= 0.6 is 15.9 Å². The lowest BCUT2D eigenvalue weighted by atomic mass is 10.1. The Balaban J connectivity index is 1.74. The van der Waals surface area contributed by atoms with Crippen LogP contribution in [0.3, 0.4) is 0 Å². The van der Waals surface area contributed by atoms with Gasteiger partial charge >= 0.3 is 6.03 Å². The predicted octanol–water partition coefficient (Wildman–Crippen LogP) is 3.31. The number of carbonyl (C=O) groups is 1. The molecule has 0 saturated heterocycles. The molecule has 2 aromatic rings. The molecule has 2 amide bonds. The van der Waals surface area contributed by atoms with Crippen molar-refractivity contribution in [2.45, 2.75) is 13.0 Å². The molecule has 110 valence electrons. The number of amides is 2. The van der Waals surface area contributed by atoms with Gasteiger partial charge in [0.05, 0.1) is 6.61 Å². The number of nitrogens with one attached hydrogen (secondary N) is 2. The first-order valence-electron chi connectivity index (χ1n) is 6.66. The van der Waals surface area contributed by atoms with Crippen molar-refractivity contribution >= 4 is 27.6 Å². The molecule has 0 aliphatic heterocycles. The molecule has 2 rings (SSSR count). The molecule has 4 nitrogen and oxygen atoms in total. The van der Waals surface area contributed by atoms with Gasteiger partial charge in [0, 0.05) is 16.7 Å². The van der Waals surface area contributed by atoms with Crippen LogP contribution in [0.15, 0.2) is 53.0 Å². The van der Waals surface area contributed by atoms with Gasteiger partial charge < -0.3 is 15.7 Å². The first-order valence-corrected chi connectivity index (χ1v) is 7.46. The predicted molar refractivity (Wildman–Crippen MR) is 87.2 cm³/mol. The van der Waals surface area contributed by atoms with Crippen LogP contribution in [0, 0.1) is 0 Å². The molecule has 3 N–H and O–H groups in total. The fraction of sp³-hybridized carbons (Fsp3) is 0.188. The van der Waals surface area contributed by atoms with E-state index in [1.54, 1.807) is 0 Å². The van der Waals surface area contributed by atoms with Crippen molar-refractivity contribution < 1.29 is 9.90 Å². The Bertz CT molecular complexity index is 582. The average molecular weight is 349 g/mol. The van der Waals surface area contributed by atoms with Crippen LogP contribution in [-0.4, -0.2) is 17.7 Å². The van der Waals surface area contributed by atoms with Crippen molar-refractivity contribution in [3.63, 3.8) is 0 Å². The molecule has 0 fully saturated rings. The highest BCUT2D eigenvalue weighted by Gasteiger charge is 2.01. The molecular weight excluding hydrogens is 332 g/mol. The summed E-state index contributed by atoms with van der Waals surface area (Å²) in [6, 6.07) is 14.9. The van der Waals surface area contributed by atoms with E-state index in [0.29, 0.717) is 6.54 Å². The smallest absolute Gasteiger partial charge is 0.319 e. The molecule has 0 atom stereocenters. The summed E-state index contributed by atoms with van der Waals surface area (Å²) in [5.41, 5.74) is 2.76. The lowest BCUT2D eigenvalue weighted by molar-refractivity contribution is 0.252. The topological polar surface area (TPSA) is 61.4 Å². The van der Waals surface area contributed by atoms with Gasteiger partial charge in [-0.15, -0.1) is 0 Å². The quantitative estimate of drug-likeness (QED) is 0.776. The zero-order valence-corrected chi connectivity index (χ0v) is 13.1. The fourth-order valence-corrected chi connectivity index (χ4v) is 2.10. The van der Waals surface area contributed by atoms with Crippen LogP contribution in [0.5, 0.6) is 0 Å². The molecule has 0 aliphatic carbocycles. The van der Waals surface area contributed by atoms with E-state index in [-0.39, 0.29) is 12.6 Å². The monoisotopic (exact) mass is 348 g/mol. The highest BCUT2D eigenvalue weighted by Crippen LogP contribution is 2.13. The van der Waals surface area contributed by atoms with E-state index < -0.39 is 0 Å². The standard InChI is InChI=1S/C16H17BrN2O2/c17-14-5-7-15(8-6-14)19-16(21)18-10-9-12-1-3-13(11-20)4-2-12/h1-8,20H,9-11H2,(H2,18,19,21). The van der Waals surface area contributed by atoms with Crippen molar-refractivity contribution in [2.75, 3.05) is 11.9 Å². The molecule has 0 radical (unpaired) electrons. The molecule has 0 aromatic heterocycles. The second-order valence-electron chi connectivity index (χ2n) is 4.61. The molecule has 21 heavy (non-hydrogen) atoms. The minimum absolute atomic E-state index is 0.0497. The molecule has 0 heterocycles. The van der Waals surface area contributed by atoms with Crippen LogP contribution < -0.4 is 10.6 Å². The van der Waals surface area contributed by atoms with E-state index in [1.807, 2.05) is 48.5 Å². The maximum atomic E-state index is 11.7. The van der Waals surface area contributed by atoms with Gasteiger partial charge in [-0.2, -0.15) is 0 Å². The molecule has 0 saturated carbocycles. The summed E-state index contributed by atoms with van der Waals surface area (Å²) in [6.45, 7) is 0.606. The van der Waals surface area contributed by atoms with E-state index in [2.05, 4.69) is 26.6 Å². The van der Waals surface area contributed by atoms with Gasteiger partial charge in [-0.1, -0.05) is 40.2 Å². The lowest BCUT2D eigenvalue weighted by Gasteiger charge is -2.08. The third kappa shape index (κ3) is 5.21. The Labute approximate surface area is 132 Å². The lowest BCUT2D eigenvalue weighted by Crippen LogP contribution is -2.30. The molecule has 0 bridgehead atoms. The van der Waals surface area contributed by atoms with Crippen LogP contribution in [-0.2, 0) is 13.0 Å². The number of aliphatic hydroxyl groups is 1. The van der Waals surface area contributed by atoms with Gasteiger partial charge in [-0.3, -0.25) is 0 Å². The molecule has 0 aliphatic rings. The summed E-state index contributed by atoms with van der Waals surface area (Å²) in [4.78, 5) is 11.7. The Morgan fingerprint density at radius 3 is 2.24 bits per heavy atom. The number of urea groups is 1. The number of carbonyl (C=O) groups excluding carboxylic acids is 1. The second-order valence-corrected chi connectivity index (χ2v) is 5.53. The highest BCUT2D eigenvalue weighted by molar-refractivity contribution is 9.10. The van der Waals surface area contributed by atoms with Gasteiger partial charge in [0.25, 0.3) is 0 Å². The van der Waals surface area contributed by atoms with Gasteiger partial charge in [0.2, 0.25) is 0 Å². The molecule has 5 heteroatoms. The van der Waals surface area contributed by atoms with Crippen LogP contribution in [0.4, 0.5) is 10.5 Å². The van der Waals surface area contributed by atoms with E-state index in [0.717, 1.165) is 27.7 Å². The first-order chi connectivity index (χ1) is 10.2. The number of anilines is 1. The summed E-state index contributed by atoms with van der Waals surface area (Å²) in [5.74, 6) is 0. The van der Waals surface area contributed by atoms with Crippen LogP contribution in [0.25, 0.3) is 0 Å². The average Bonchev–Trinajstić information content (AvgIpc) is 2.50. The maximum Gasteiger partial charge on any atom is 0.319 e. The summed E-state index contributed by atoms with van der Waals surface area (Å²) < 4.78 is 0.972. The Morgan fingerprint density at radius 1 is 1.00 bits per heavy atom. The van der Waals surface area contributed by atoms with Gasteiger partial charge in [-0.05, 0) is 41.8 Å². The van der Waals surface area contributed by atoms with Crippen molar-refractivity contribution in [1.82, 2.24) is 5.32 Å². The summed E-state index contributed by atoms with van der Waals surface area (Å²) in [7, 11) is 0. The zero-order valence-electron chi connectivity index (χ0n) is 11.5. The molecular formula is C16H17BrN2O2. The Kier molecular flexibility index (Phi) is 5.78. The SMILES string of the molecule is O=C(NCCc1ccc(CO)cc1)Nc1ccc(Br)cc1.